The van der Waals surface area contributed by atoms with Crippen LogP contribution in [0.2, 0.25) is 0 Å². The molecule has 0 aliphatic heterocycles. The van der Waals surface area contributed by atoms with Crippen LogP contribution < -0.4 is 0 Å². The zero-order chi connectivity index (χ0) is 13.6. The first kappa shape index (κ1) is 15.3. The van der Waals surface area contributed by atoms with Gasteiger partial charge in [-0.2, -0.15) is 0 Å². The van der Waals surface area contributed by atoms with Gasteiger partial charge in [-0.15, -0.1) is 11.8 Å². The van der Waals surface area contributed by atoms with Crippen LogP contribution in [0.25, 0.3) is 0 Å². The number of hydrogen-bond acceptors (Lipinski definition) is 3. The Kier molecular flexibility index (Phi) is 5.89. The smallest absolute Gasteiger partial charge is 0.194 e. The number of benzene rings is 1. The van der Waals surface area contributed by atoms with Gasteiger partial charge in [-0.25, -0.2) is 0 Å². The lowest BCUT2D eigenvalue weighted by Gasteiger charge is -2.25. The van der Waals surface area contributed by atoms with Crippen molar-refractivity contribution in [3.05, 3.63) is 29.8 Å². The lowest BCUT2D eigenvalue weighted by atomic mass is 9.86. The third-order valence-corrected chi connectivity index (χ3v) is 4.05. The maximum absolute atomic E-state index is 12.3. The first-order valence-corrected chi connectivity index (χ1v) is 7.71. The van der Waals surface area contributed by atoms with Crippen LogP contribution in [0.4, 0.5) is 0 Å². The van der Waals surface area contributed by atoms with Gasteiger partial charge in [0.05, 0.1) is 0 Å². The van der Waals surface area contributed by atoms with E-state index in [2.05, 4.69) is 6.92 Å². The van der Waals surface area contributed by atoms with E-state index in [0.717, 1.165) is 17.7 Å². The van der Waals surface area contributed by atoms with Crippen LogP contribution in [0.15, 0.2) is 29.2 Å². The van der Waals surface area contributed by atoms with Crippen LogP contribution in [0, 0.1) is 0 Å². The molecule has 0 aliphatic carbocycles. The van der Waals surface area contributed by atoms with E-state index >= 15 is 0 Å². The molecule has 0 aromatic heterocycles. The maximum atomic E-state index is 12.3. The van der Waals surface area contributed by atoms with Gasteiger partial charge >= 0.3 is 0 Å². The third kappa shape index (κ3) is 3.59. The van der Waals surface area contributed by atoms with E-state index in [1.165, 1.54) is 0 Å². The summed E-state index contributed by atoms with van der Waals surface area (Å²) >= 11 is 1.64. The SMILES string of the molecule is CCCCC(O)(CC)C(=O)c1ccc(SC)cc1. The molecule has 3 heteroatoms. The Bertz CT molecular complexity index is 386. The predicted molar refractivity (Wildman–Crippen MR) is 77.3 cm³/mol. The number of rotatable bonds is 7. The molecule has 1 N–H and O–H groups in total. The maximum Gasteiger partial charge on any atom is 0.194 e. The van der Waals surface area contributed by atoms with E-state index in [9.17, 15) is 9.90 Å². The summed E-state index contributed by atoms with van der Waals surface area (Å²) in [6.07, 6.45) is 4.87. The Balaban J connectivity index is 2.88. The van der Waals surface area contributed by atoms with Crippen molar-refractivity contribution in [1.29, 1.82) is 0 Å². The standard InChI is InChI=1S/C15H22O2S/c1-4-6-11-15(17,5-2)14(16)12-7-9-13(18-3)10-8-12/h7-10,17H,4-6,11H2,1-3H3. The minimum atomic E-state index is -1.20. The summed E-state index contributed by atoms with van der Waals surface area (Å²) in [5, 5.41) is 10.4. The molecular formula is C15H22O2S. The summed E-state index contributed by atoms with van der Waals surface area (Å²) in [6, 6.07) is 7.46. The first-order chi connectivity index (χ1) is 8.57. The minimum absolute atomic E-state index is 0.147. The molecule has 0 heterocycles. The van der Waals surface area contributed by atoms with Gasteiger partial charge in [-0.05, 0) is 31.2 Å². The topological polar surface area (TPSA) is 37.3 Å². The van der Waals surface area contributed by atoms with Crippen molar-refractivity contribution in [3.8, 4) is 0 Å². The van der Waals surface area contributed by atoms with E-state index in [1.807, 2.05) is 25.3 Å². The van der Waals surface area contributed by atoms with Crippen LogP contribution in [0.3, 0.4) is 0 Å². The van der Waals surface area contributed by atoms with Gasteiger partial charge < -0.3 is 5.11 Å². The van der Waals surface area contributed by atoms with Crippen LogP contribution in [0.5, 0.6) is 0 Å². The monoisotopic (exact) mass is 266 g/mol. The molecule has 2 nitrogen and oxygen atoms in total. The average molecular weight is 266 g/mol. The molecule has 0 amide bonds. The molecule has 0 bridgehead atoms. The summed E-state index contributed by atoms with van der Waals surface area (Å²) in [4.78, 5) is 13.5. The molecule has 0 fully saturated rings. The Hall–Kier alpha value is -0.800. The molecule has 1 rings (SSSR count). The number of ketones is 1. The lowest BCUT2D eigenvalue weighted by Crippen LogP contribution is -2.37. The fourth-order valence-corrected chi connectivity index (χ4v) is 2.34. The quantitative estimate of drug-likeness (QED) is 0.600. The molecule has 0 saturated heterocycles. The molecular weight excluding hydrogens is 244 g/mol. The molecule has 1 atom stereocenters. The van der Waals surface area contributed by atoms with Crippen molar-refractivity contribution in [1.82, 2.24) is 0 Å². The zero-order valence-corrected chi connectivity index (χ0v) is 12.2. The van der Waals surface area contributed by atoms with E-state index in [0.29, 0.717) is 18.4 Å². The molecule has 0 saturated carbocycles. The summed E-state index contributed by atoms with van der Waals surface area (Å²) in [6.45, 7) is 3.93. The molecule has 0 spiro atoms. The summed E-state index contributed by atoms with van der Waals surface area (Å²) in [5.74, 6) is -0.147. The van der Waals surface area contributed by atoms with E-state index in [1.54, 1.807) is 23.9 Å². The van der Waals surface area contributed by atoms with Gasteiger partial charge in [-0.3, -0.25) is 4.79 Å². The van der Waals surface area contributed by atoms with Gasteiger partial charge in [0.2, 0.25) is 0 Å². The molecule has 18 heavy (non-hydrogen) atoms. The van der Waals surface area contributed by atoms with E-state index in [-0.39, 0.29) is 5.78 Å². The number of aliphatic hydroxyl groups is 1. The van der Waals surface area contributed by atoms with Gasteiger partial charge in [0.15, 0.2) is 5.78 Å². The molecule has 100 valence electrons. The summed E-state index contributed by atoms with van der Waals surface area (Å²) in [7, 11) is 0. The Labute approximate surface area is 114 Å². The molecule has 1 aromatic carbocycles. The van der Waals surface area contributed by atoms with Crippen molar-refractivity contribution in [3.63, 3.8) is 0 Å². The predicted octanol–water partition coefficient (Wildman–Crippen LogP) is 3.92. The highest BCUT2D eigenvalue weighted by atomic mass is 32.2. The summed E-state index contributed by atoms with van der Waals surface area (Å²) in [5.41, 5.74) is -0.593. The van der Waals surface area contributed by atoms with Crippen LogP contribution in [-0.4, -0.2) is 22.7 Å². The van der Waals surface area contributed by atoms with Crippen molar-refractivity contribution >= 4 is 17.5 Å². The fraction of sp³-hybridized carbons (Fsp3) is 0.533. The highest BCUT2D eigenvalue weighted by Crippen LogP contribution is 2.25. The van der Waals surface area contributed by atoms with Gasteiger partial charge in [0.25, 0.3) is 0 Å². The first-order valence-electron chi connectivity index (χ1n) is 6.48. The van der Waals surface area contributed by atoms with Gasteiger partial charge in [0, 0.05) is 10.5 Å². The van der Waals surface area contributed by atoms with Gasteiger partial charge in [0.1, 0.15) is 5.60 Å². The van der Waals surface area contributed by atoms with E-state index in [4.69, 9.17) is 0 Å². The number of carbonyl (C=O) groups excluding carboxylic acids is 1. The Morgan fingerprint density at radius 1 is 1.28 bits per heavy atom. The number of unbranched alkanes of at least 4 members (excludes halogenated alkanes) is 1. The highest BCUT2D eigenvalue weighted by Gasteiger charge is 2.33. The Morgan fingerprint density at radius 3 is 2.33 bits per heavy atom. The second kappa shape index (κ2) is 6.95. The van der Waals surface area contributed by atoms with Crippen molar-refractivity contribution < 1.29 is 9.90 Å². The Morgan fingerprint density at radius 2 is 1.89 bits per heavy atom. The van der Waals surface area contributed by atoms with Crippen molar-refractivity contribution in [2.45, 2.75) is 50.0 Å². The van der Waals surface area contributed by atoms with Crippen LogP contribution in [-0.2, 0) is 0 Å². The second-order valence-electron chi connectivity index (χ2n) is 4.55. The number of hydrogen-bond donors (Lipinski definition) is 1. The zero-order valence-electron chi connectivity index (χ0n) is 11.4. The third-order valence-electron chi connectivity index (χ3n) is 3.30. The molecule has 0 aliphatic rings. The second-order valence-corrected chi connectivity index (χ2v) is 5.43. The normalized spacial score (nSPS) is 14.2. The molecule has 1 aromatic rings. The number of thioether (sulfide) groups is 1. The van der Waals surface area contributed by atoms with E-state index < -0.39 is 5.60 Å². The number of Topliss-reactive ketones (excluding diaryl/α,β-unsaturated/α-hetero) is 1. The van der Waals surface area contributed by atoms with Crippen LogP contribution in [0.1, 0.15) is 49.9 Å². The lowest BCUT2D eigenvalue weighted by molar-refractivity contribution is 0.0240. The average Bonchev–Trinajstić information content (AvgIpc) is 2.44. The number of carbonyl (C=O) groups is 1. The fourth-order valence-electron chi connectivity index (χ4n) is 1.93. The molecule has 1 unspecified atom stereocenters. The van der Waals surface area contributed by atoms with Gasteiger partial charge in [-0.1, -0.05) is 38.8 Å². The minimum Gasteiger partial charge on any atom is -0.382 e. The largest absolute Gasteiger partial charge is 0.382 e. The van der Waals surface area contributed by atoms with Crippen LogP contribution >= 0.6 is 11.8 Å². The highest BCUT2D eigenvalue weighted by molar-refractivity contribution is 7.98. The van der Waals surface area contributed by atoms with Crippen molar-refractivity contribution in [2.75, 3.05) is 6.26 Å². The van der Waals surface area contributed by atoms with Crippen molar-refractivity contribution in [2.24, 2.45) is 0 Å². The summed E-state index contributed by atoms with van der Waals surface area (Å²) < 4.78 is 0. The molecule has 0 radical (unpaired) electrons.